The molecule has 1 aromatic rings. The molecule has 0 aliphatic heterocycles. The number of anilines is 1. The molecular formula is C17H25N3O4. The van der Waals surface area contributed by atoms with E-state index in [2.05, 4.69) is 5.32 Å². The van der Waals surface area contributed by atoms with Gasteiger partial charge in [0, 0.05) is 5.69 Å². The molecule has 24 heavy (non-hydrogen) atoms. The zero-order valence-corrected chi connectivity index (χ0v) is 14.4. The Labute approximate surface area is 141 Å². The van der Waals surface area contributed by atoms with Crippen LogP contribution in [0.4, 0.5) is 10.5 Å². The number of amides is 3. The minimum atomic E-state index is -1.32. The highest BCUT2D eigenvalue weighted by Crippen LogP contribution is 2.14. The number of nitrogens with one attached hydrogen (secondary N) is 1. The number of imide groups is 1. The third kappa shape index (κ3) is 5.34. The summed E-state index contributed by atoms with van der Waals surface area (Å²) < 4.78 is 0. The van der Waals surface area contributed by atoms with Crippen LogP contribution in [0.1, 0.15) is 32.8 Å². The number of carboxylic acid groups (broad SMARTS) is 1. The highest BCUT2D eigenvalue weighted by Gasteiger charge is 2.34. The van der Waals surface area contributed by atoms with Gasteiger partial charge in [0.1, 0.15) is 6.04 Å². The average molecular weight is 335 g/mol. The molecule has 132 valence electrons. The van der Waals surface area contributed by atoms with Crippen LogP contribution in [0.5, 0.6) is 0 Å². The smallest absolute Gasteiger partial charge is 0.329 e. The van der Waals surface area contributed by atoms with Crippen molar-refractivity contribution in [1.82, 2.24) is 4.90 Å². The summed E-state index contributed by atoms with van der Waals surface area (Å²) in [7, 11) is 0. The minimum absolute atomic E-state index is 0.144. The van der Waals surface area contributed by atoms with Crippen LogP contribution in [0.3, 0.4) is 0 Å². The molecule has 7 heteroatoms. The Kier molecular flexibility index (Phi) is 6.91. The molecule has 0 aliphatic carbocycles. The summed E-state index contributed by atoms with van der Waals surface area (Å²) in [6, 6.07) is 3.93. The molecule has 0 heterocycles. The summed E-state index contributed by atoms with van der Waals surface area (Å²) in [5.74, 6) is -1.84. The Hall–Kier alpha value is -2.41. The summed E-state index contributed by atoms with van der Waals surface area (Å²) in [5, 5.41) is 11.8. The summed E-state index contributed by atoms with van der Waals surface area (Å²) in [6.45, 7) is 6.92. The molecule has 7 nitrogen and oxygen atoms in total. The number of carbonyl (C=O) groups is 3. The van der Waals surface area contributed by atoms with Crippen LogP contribution < -0.4 is 11.1 Å². The molecule has 0 aliphatic rings. The second-order valence-electron chi connectivity index (χ2n) is 6.26. The van der Waals surface area contributed by atoms with Gasteiger partial charge in [0.15, 0.2) is 0 Å². The standard InChI is InChI=1S/C17H25N3O4/c1-10(2)8-14(18)15(21)20(12(4)16(22)23)17(24)19-13-7-5-6-11(3)9-13/h5-7,9-10,12,14H,8,18H2,1-4H3,(H,19,24)(H,22,23). The predicted octanol–water partition coefficient (Wildman–Crippen LogP) is 2.20. The van der Waals surface area contributed by atoms with Gasteiger partial charge in [0.2, 0.25) is 5.91 Å². The van der Waals surface area contributed by atoms with E-state index in [1.54, 1.807) is 18.2 Å². The highest BCUT2D eigenvalue weighted by molar-refractivity contribution is 6.05. The summed E-state index contributed by atoms with van der Waals surface area (Å²) >= 11 is 0. The van der Waals surface area contributed by atoms with Gasteiger partial charge in [-0.25, -0.2) is 14.5 Å². The Bertz CT molecular complexity index is 616. The molecule has 2 unspecified atom stereocenters. The number of aryl methyl sites for hydroxylation is 1. The summed E-state index contributed by atoms with van der Waals surface area (Å²) in [5.41, 5.74) is 7.25. The number of rotatable bonds is 6. The van der Waals surface area contributed by atoms with Crippen molar-refractivity contribution in [3.63, 3.8) is 0 Å². The van der Waals surface area contributed by atoms with E-state index in [0.29, 0.717) is 17.0 Å². The van der Waals surface area contributed by atoms with Gasteiger partial charge in [-0.2, -0.15) is 0 Å². The fraction of sp³-hybridized carbons (Fsp3) is 0.471. The van der Waals surface area contributed by atoms with Crippen molar-refractivity contribution in [3.8, 4) is 0 Å². The van der Waals surface area contributed by atoms with Crippen LogP contribution in [0, 0.1) is 12.8 Å². The van der Waals surface area contributed by atoms with Crippen LogP contribution in [-0.4, -0.2) is 40.0 Å². The van der Waals surface area contributed by atoms with Gasteiger partial charge in [0.25, 0.3) is 0 Å². The van der Waals surface area contributed by atoms with Crippen molar-refractivity contribution in [2.24, 2.45) is 11.7 Å². The first-order chi connectivity index (χ1) is 11.1. The molecule has 0 radical (unpaired) electrons. The average Bonchev–Trinajstić information content (AvgIpc) is 2.46. The predicted molar refractivity (Wildman–Crippen MR) is 91.6 cm³/mol. The Balaban J connectivity index is 3.02. The van der Waals surface area contributed by atoms with Gasteiger partial charge in [-0.3, -0.25) is 4.79 Å². The lowest BCUT2D eigenvalue weighted by Gasteiger charge is -2.28. The SMILES string of the molecule is Cc1cccc(NC(=O)N(C(=O)C(N)CC(C)C)C(C)C(=O)O)c1. The number of urea groups is 1. The molecule has 0 saturated heterocycles. The normalized spacial score (nSPS) is 13.2. The molecule has 0 aromatic heterocycles. The van der Waals surface area contributed by atoms with Crippen LogP contribution in [0.2, 0.25) is 0 Å². The van der Waals surface area contributed by atoms with Crippen LogP contribution >= 0.6 is 0 Å². The van der Waals surface area contributed by atoms with Crippen molar-refractivity contribution < 1.29 is 19.5 Å². The fourth-order valence-electron chi connectivity index (χ4n) is 2.27. The Morgan fingerprint density at radius 3 is 2.38 bits per heavy atom. The van der Waals surface area contributed by atoms with Crippen molar-refractivity contribution >= 4 is 23.6 Å². The number of hydrogen-bond donors (Lipinski definition) is 3. The maximum atomic E-state index is 12.5. The summed E-state index contributed by atoms with van der Waals surface area (Å²) in [6.07, 6.45) is 0.361. The molecule has 1 aromatic carbocycles. The lowest BCUT2D eigenvalue weighted by Crippen LogP contribution is -2.54. The van der Waals surface area contributed by atoms with E-state index in [-0.39, 0.29) is 5.92 Å². The number of benzene rings is 1. The lowest BCUT2D eigenvalue weighted by atomic mass is 10.0. The van der Waals surface area contributed by atoms with Crippen molar-refractivity contribution in [3.05, 3.63) is 29.8 Å². The number of nitrogens with two attached hydrogens (primary N) is 1. The van der Waals surface area contributed by atoms with Crippen LogP contribution in [-0.2, 0) is 9.59 Å². The quantitative estimate of drug-likeness (QED) is 0.737. The molecule has 0 saturated carbocycles. The van der Waals surface area contributed by atoms with E-state index in [0.717, 1.165) is 5.56 Å². The monoisotopic (exact) mass is 335 g/mol. The van der Waals surface area contributed by atoms with Gasteiger partial charge in [-0.05, 0) is 43.9 Å². The number of nitrogens with zero attached hydrogens (tertiary/aromatic N) is 1. The lowest BCUT2D eigenvalue weighted by molar-refractivity contribution is -0.147. The van der Waals surface area contributed by atoms with E-state index in [1.807, 2.05) is 26.8 Å². The van der Waals surface area contributed by atoms with Crippen molar-refractivity contribution in [1.29, 1.82) is 0 Å². The molecular weight excluding hydrogens is 310 g/mol. The van der Waals surface area contributed by atoms with E-state index in [1.165, 1.54) is 6.92 Å². The van der Waals surface area contributed by atoms with Gasteiger partial charge >= 0.3 is 12.0 Å². The molecule has 0 spiro atoms. The van der Waals surface area contributed by atoms with Gasteiger partial charge in [0.05, 0.1) is 6.04 Å². The maximum Gasteiger partial charge on any atom is 0.329 e. The topological polar surface area (TPSA) is 113 Å². The van der Waals surface area contributed by atoms with Gasteiger partial charge in [-0.1, -0.05) is 26.0 Å². The summed E-state index contributed by atoms with van der Waals surface area (Å²) in [4.78, 5) is 36.9. The van der Waals surface area contributed by atoms with Crippen LogP contribution in [0.25, 0.3) is 0 Å². The van der Waals surface area contributed by atoms with E-state index < -0.39 is 30.0 Å². The number of hydrogen-bond acceptors (Lipinski definition) is 4. The first-order valence-electron chi connectivity index (χ1n) is 7.82. The molecule has 1 rings (SSSR count). The maximum absolute atomic E-state index is 12.5. The van der Waals surface area contributed by atoms with Crippen molar-refractivity contribution in [2.75, 3.05) is 5.32 Å². The van der Waals surface area contributed by atoms with E-state index in [4.69, 9.17) is 5.73 Å². The second kappa shape index (κ2) is 8.44. The number of carboxylic acids is 1. The van der Waals surface area contributed by atoms with E-state index >= 15 is 0 Å². The highest BCUT2D eigenvalue weighted by atomic mass is 16.4. The minimum Gasteiger partial charge on any atom is -0.480 e. The molecule has 0 bridgehead atoms. The van der Waals surface area contributed by atoms with Crippen LogP contribution in [0.15, 0.2) is 24.3 Å². The molecule has 2 atom stereocenters. The van der Waals surface area contributed by atoms with Gasteiger partial charge in [-0.15, -0.1) is 0 Å². The largest absolute Gasteiger partial charge is 0.480 e. The molecule has 0 fully saturated rings. The van der Waals surface area contributed by atoms with Crippen molar-refractivity contribution in [2.45, 2.75) is 46.2 Å². The zero-order chi connectivity index (χ0) is 18.4. The fourth-order valence-corrected chi connectivity index (χ4v) is 2.27. The third-order valence-corrected chi connectivity index (χ3v) is 3.51. The van der Waals surface area contributed by atoms with Gasteiger partial charge < -0.3 is 16.2 Å². The first kappa shape index (κ1) is 19.6. The van der Waals surface area contributed by atoms with E-state index in [9.17, 15) is 19.5 Å². The Morgan fingerprint density at radius 1 is 1.25 bits per heavy atom. The zero-order valence-electron chi connectivity index (χ0n) is 14.4. The number of aliphatic carboxylic acids is 1. The molecule has 4 N–H and O–H groups in total. The Morgan fingerprint density at radius 2 is 1.88 bits per heavy atom. The number of carbonyl (C=O) groups excluding carboxylic acids is 2. The first-order valence-corrected chi connectivity index (χ1v) is 7.82. The molecule has 3 amide bonds. The third-order valence-electron chi connectivity index (χ3n) is 3.51. The second-order valence-corrected chi connectivity index (χ2v) is 6.26.